The number of likely N-dealkylation sites (N-methyl/N-ethyl adjacent to an activating group) is 1. The van der Waals surface area contributed by atoms with Crippen molar-refractivity contribution >= 4 is 23.6 Å². The fourth-order valence-electron chi connectivity index (χ4n) is 2.77. The first kappa shape index (κ1) is 21.0. The highest BCUT2D eigenvalue weighted by Crippen LogP contribution is 2.20. The highest BCUT2D eigenvalue weighted by Gasteiger charge is 2.25. The maximum absolute atomic E-state index is 12.9. The van der Waals surface area contributed by atoms with Crippen LogP contribution in [0.25, 0.3) is 0 Å². The molecule has 1 atom stereocenters. The number of rotatable bonds is 8. The van der Waals surface area contributed by atoms with E-state index in [4.69, 9.17) is 0 Å². The molecule has 0 bridgehead atoms. The monoisotopic (exact) mass is 384 g/mol. The van der Waals surface area contributed by atoms with Crippen LogP contribution in [0.3, 0.4) is 0 Å². The SMILES string of the molecule is CCNC(=O)C(C)N(Cc1cccc(C)c1)C(=O)CSc1ccc(C)cc1. The number of nitrogens with one attached hydrogen (secondary N) is 1. The second kappa shape index (κ2) is 10.2. The zero-order chi connectivity index (χ0) is 19.8. The molecule has 0 spiro atoms. The fourth-order valence-corrected chi connectivity index (χ4v) is 3.56. The molecule has 144 valence electrons. The average Bonchev–Trinajstić information content (AvgIpc) is 2.65. The van der Waals surface area contributed by atoms with Crippen molar-refractivity contribution in [2.24, 2.45) is 0 Å². The number of hydrogen-bond acceptors (Lipinski definition) is 3. The minimum absolute atomic E-state index is 0.0409. The van der Waals surface area contributed by atoms with Gasteiger partial charge in [0.25, 0.3) is 0 Å². The Labute approximate surface area is 166 Å². The van der Waals surface area contributed by atoms with Crippen LogP contribution >= 0.6 is 11.8 Å². The maximum atomic E-state index is 12.9. The van der Waals surface area contributed by atoms with E-state index in [0.29, 0.717) is 18.8 Å². The van der Waals surface area contributed by atoms with Crippen LogP contribution in [0.2, 0.25) is 0 Å². The van der Waals surface area contributed by atoms with Crippen LogP contribution in [0.4, 0.5) is 0 Å². The Bertz CT molecular complexity index is 774. The van der Waals surface area contributed by atoms with Gasteiger partial charge in [0, 0.05) is 18.0 Å². The predicted octanol–water partition coefficient (Wildman–Crippen LogP) is 3.95. The Balaban J connectivity index is 2.12. The number of amides is 2. The lowest BCUT2D eigenvalue weighted by atomic mass is 10.1. The summed E-state index contributed by atoms with van der Waals surface area (Å²) < 4.78 is 0. The molecule has 0 heterocycles. The van der Waals surface area contributed by atoms with Gasteiger partial charge in [0.2, 0.25) is 11.8 Å². The van der Waals surface area contributed by atoms with Crippen molar-refractivity contribution in [3.05, 3.63) is 65.2 Å². The first-order valence-electron chi connectivity index (χ1n) is 9.23. The van der Waals surface area contributed by atoms with Gasteiger partial charge < -0.3 is 10.2 Å². The van der Waals surface area contributed by atoms with Crippen LogP contribution in [0.1, 0.15) is 30.5 Å². The number of carbonyl (C=O) groups is 2. The van der Waals surface area contributed by atoms with Crippen LogP contribution in [0, 0.1) is 13.8 Å². The molecule has 0 aliphatic carbocycles. The first-order chi connectivity index (χ1) is 12.9. The smallest absolute Gasteiger partial charge is 0.242 e. The van der Waals surface area contributed by atoms with Crippen LogP contribution < -0.4 is 5.32 Å². The van der Waals surface area contributed by atoms with Gasteiger partial charge >= 0.3 is 0 Å². The zero-order valence-corrected chi connectivity index (χ0v) is 17.3. The summed E-state index contributed by atoms with van der Waals surface area (Å²) in [6.45, 7) is 8.70. The van der Waals surface area contributed by atoms with E-state index in [-0.39, 0.29) is 11.8 Å². The molecule has 0 saturated carbocycles. The lowest BCUT2D eigenvalue weighted by molar-refractivity contribution is -0.138. The largest absolute Gasteiger partial charge is 0.355 e. The molecule has 0 fully saturated rings. The van der Waals surface area contributed by atoms with Crippen molar-refractivity contribution in [3.63, 3.8) is 0 Å². The van der Waals surface area contributed by atoms with Gasteiger partial charge in [0.1, 0.15) is 6.04 Å². The van der Waals surface area contributed by atoms with Crippen molar-refractivity contribution in [1.82, 2.24) is 10.2 Å². The van der Waals surface area contributed by atoms with Crippen molar-refractivity contribution in [3.8, 4) is 0 Å². The number of aryl methyl sites for hydroxylation is 2. The van der Waals surface area contributed by atoms with E-state index in [1.165, 1.54) is 17.3 Å². The molecule has 2 aromatic rings. The molecular weight excluding hydrogens is 356 g/mol. The first-order valence-corrected chi connectivity index (χ1v) is 10.2. The van der Waals surface area contributed by atoms with Gasteiger partial charge in [-0.2, -0.15) is 0 Å². The van der Waals surface area contributed by atoms with Crippen molar-refractivity contribution in [2.45, 2.75) is 45.2 Å². The molecular formula is C22H28N2O2S. The van der Waals surface area contributed by atoms with Crippen LogP contribution in [-0.2, 0) is 16.1 Å². The summed E-state index contributed by atoms with van der Waals surface area (Å²) in [4.78, 5) is 28.0. The number of nitrogens with zero attached hydrogens (tertiary/aromatic N) is 1. The molecule has 4 nitrogen and oxygen atoms in total. The summed E-state index contributed by atoms with van der Waals surface area (Å²) in [5.74, 6) is 0.137. The average molecular weight is 385 g/mol. The summed E-state index contributed by atoms with van der Waals surface area (Å²) in [5, 5.41) is 2.82. The third kappa shape index (κ3) is 6.43. The number of carbonyl (C=O) groups excluding carboxylic acids is 2. The van der Waals surface area contributed by atoms with Crippen molar-refractivity contribution < 1.29 is 9.59 Å². The Morgan fingerprint density at radius 3 is 2.41 bits per heavy atom. The van der Waals surface area contributed by atoms with E-state index in [1.807, 2.05) is 63.2 Å². The highest BCUT2D eigenvalue weighted by atomic mass is 32.2. The number of hydrogen-bond donors (Lipinski definition) is 1. The molecule has 0 aliphatic rings. The van der Waals surface area contributed by atoms with E-state index in [1.54, 1.807) is 11.8 Å². The number of thioether (sulfide) groups is 1. The molecule has 0 radical (unpaired) electrons. The Kier molecular flexibility index (Phi) is 7.92. The Morgan fingerprint density at radius 2 is 1.78 bits per heavy atom. The van der Waals surface area contributed by atoms with E-state index < -0.39 is 6.04 Å². The van der Waals surface area contributed by atoms with Gasteiger partial charge in [0.15, 0.2) is 0 Å². The van der Waals surface area contributed by atoms with Gasteiger partial charge in [-0.05, 0) is 45.4 Å². The molecule has 2 rings (SSSR count). The lowest BCUT2D eigenvalue weighted by Crippen LogP contribution is -2.48. The predicted molar refractivity (Wildman–Crippen MR) is 112 cm³/mol. The molecule has 0 aromatic heterocycles. The topological polar surface area (TPSA) is 49.4 Å². The third-order valence-electron chi connectivity index (χ3n) is 4.34. The van der Waals surface area contributed by atoms with Crippen LogP contribution in [-0.4, -0.2) is 35.1 Å². The summed E-state index contributed by atoms with van der Waals surface area (Å²) >= 11 is 1.50. The van der Waals surface area contributed by atoms with Gasteiger partial charge in [-0.3, -0.25) is 9.59 Å². The van der Waals surface area contributed by atoms with E-state index in [0.717, 1.165) is 16.0 Å². The maximum Gasteiger partial charge on any atom is 0.242 e. The summed E-state index contributed by atoms with van der Waals surface area (Å²) in [7, 11) is 0. The van der Waals surface area contributed by atoms with Gasteiger partial charge in [0.05, 0.1) is 5.75 Å². The molecule has 2 aromatic carbocycles. The standard InChI is InChI=1S/C22H28N2O2S/c1-5-23-22(26)18(4)24(14-19-8-6-7-17(3)13-19)21(25)15-27-20-11-9-16(2)10-12-20/h6-13,18H,5,14-15H2,1-4H3,(H,23,26). The van der Waals surface area contributed by atoms with Crippen molar-refractivity contribution in [1.29, 1.82) is 0 Å². The van der Waals surface area contributed by atoms with Crippen LogP contribution in [0.5, 0.6) is 0 Å². The highest BCUT2D eigenvalue weighted by molar-refractivity contribution is 8.00. The summed E-state index contributed by atoms with van der Waals surface area (Å²) in [6, 6.07) is 15.6. The molecule has 2 amide bonds. The number of benzene rings is 2. The van der Waals surface area contributed by atoms with Gasteiger partial charge in [-0.25, -0.2) is 0 Å². The normalized spacial score (nSPS) is 11.7. The van der Waals surface area contributed by atoms with E-state index in [2.05, 4.69) is 11.4 Å². The summed E-state index contributed by atoms with van der Waals surface area (Å²) in [6.07, 6.45) is 0. The third-order valence-corrected chi connectivity index (χ3v) is 5.33. The minimum Gasteiger partial charge on any atom is -0.355 e. The second-order valence-corrected chi connectivity index (χ2v) is 7.73. The van der Waals surface area contributed by atoms with Crippen molar-refractivity contribution in [2.75, 3.05) is 12.3 Å². The lowest BCUT2D eigenvalue weighted by Gasteiger charge is -2.28. The second-order valence-electron chi connectivity index (χ2n) is 6.68. The fraction of sp³-hybridized carbons (Fsp3) is 0.364. The van der Waals surface area contributed by atoms with Gasteiger partial charge in [-0.1, -0.05) is 47.5 Å². The molecule has 27 heavy (non-hydrogen) atoms. The molecule has 0 aliphatic heterocycles. The summed E-state index contributed by atoms with van der Waals surface area (Å²) in [5.41, 5.74) is 3.36. The molecule has 0 saturated heterocycles. The molecule has 1 N–H and O–H groups in total. The quantitative estimate of drug-likeness (QED) is 0.701. The van der Waals surface area contributed by atoms with Gasteiger partial charge in [-0.15, -0.1) is 11.8 Å². The zero-order valence-electron chi connectivity index (χ0n) is 16.5. The Hall–Kier alpha value is -2.27. The van der Waals surface area contributed by atoms with E-state index in [9.17, 15) is 9.59 Å². The van der Waals surface area contributed by atoms with E-state index >= 15 is 0 Å². The Morgan fingerprint density at radius 1 is 1.07 bits per heavy atom. The van der Waals surface area contributed by atoms with Crippen LogP contribution in [0.15, 0.2) is 53.4 Å². The molecule has 5 heteroatoms. The minimum atomic E-state index is -0.517. The molecule has 1 unspecified atom stereocenters.